The number of benzene rings is 1. The number of fused-ring (bicyclic) bond motifs is 1. The van der Waals surface area contributed by atoms with E-state index in [-0.39, 0.29) is 28.5 Å². The van der Waals surface area contributed by atoms with Gasteiger partial charge in [-0.05, 0) is 30.1 Å². The molecule has 0 N–H and O–H groups in total. The topological polar surface area (TPSA) is 109 Å². The van der Waals surface area contributed by atoms with Crippen LogP contribution in [0.15, 0.2) is 35.3 Å². The number of nitro groups is 1. The number of hydrogen-bond acceptors (Lipinski definition) is 6. The first-order valence-electron chi connectivity index (χ1n) is 8.53. The predicted molar refractivity (Wildman–Crippen MR) is 104 cm³/mol. The van der Waals surface area contributed by atoms with Gasteiger partial charge < -0.3 is 19.4 Å². The van der Waals surface area contributed by atoms with Crippen molar-refractivity contribution in [3.05, 3.63) is 62.3 Å². The molecule has 0 fully saturated rings. The maximum Gasteiger partial charge on any atom is 0.342 e. The number of rotatable bonds is 5. The van der Waals surface area contributed by atoms with Crippen LogP contribution in [-0.4, -0.2) is 25.0 Å². The Morgan fingerprint density at radius 3 is 2.64 bits per heavy atom. The third-order valence-electron chi connectivity index (χ3n) is 4.31. The number of nitrogens with zero attached hydrogens (tertiary/aromatic N) is 4. The number of imidazole rings is 1. The third kappa shape index (κ3) is 3.29. The minimum atomic E-state index is -0.555. The molecule has 28 heavy (non-hydrogen) atoms. The second kappa shape index (κ2) is 7.47. The number of carbonyl (C=O) groups is 1. The number of aromatic nitrogens is 3. The first-order valence-corrected chi connectivity index (χ1v) is 8.53. The zero-order chi connectivity index (χ0) is 20.4. The van der Waals surface area contributed by atoms with E-state index in [9.17, 15) is 19.7 Å². The lowest BCUT2D eigenvalue weighted by Gasteiger charge is -2.14. The van der Waals surface area contributed by atoms with E-state index in [0.717, 1.165) is 6.20 Å². The summed E-state index contributed by atoms with van der Waals surface area (Å²) in [5.74, 6) is -0.292. The van der Waals surface area contributed by atoms with Crippen LogP contribution in [0.5, 0.6) is 5.75 Å². The van der Waals surface area contributed by atoms with Crippen molar-refractivity contribution in [1.29, 1.82) is 0 Å². The smallest absolute Gasteiger partial charge is 0.342 e. The second-order valence-electron chi connectivity index (χ2n) is 6.03. The number of para-hydroxylation sites is 1. The zero-order valence-electron chi connectivity index (χ0n) is 15.6. The Kier molecular flexibility index (Phi) is 5.08. The monoisotopic (exact) mass is 382 g/mol. The fraction of sp³-hybridized carbons (Fsp3) is 0.211. The Hall–Kier alpha value is -3.75. The summed E-state index contributed by atoms with van der Waals surface area (Å²) in [6.45, 7) is 3.53. The summed E-state index contributed by atoms with van der Waals surface area (Å²) in [5, 5.41) is 11.6. The maximum atomic E-state index is 13.0. The summed E-state index contributed by atoms with van der Waals surface area (Å²) in [7, 11) is 1.50. The molecule has 3 aromatic rings. The van der Waals surface area contributed by atoms with Crippen LogP contribution in [0.1, 0.15) is 25.2 Å². The van der Waals surface area contributed by atoms with Gasteiger partial charge in [0.05, 0.1) is 18.1 Å². The standard InChI is InChI=1S/C19H18N4O5/c1-4-22-15-8-6-5-7-13(15)18(28-12(2)24)14(19(22)25)9-10-16-20-11-17(21(16)3)23(26)27/h5-11H,4H2,1-3H3/b10-9+. The van der Waals surface area contributed by atoms with E-state index in [1.54, 1.807) is 28.8 Å². The van der Waals surface area contributed by atoms with E-state index in [1.807, 2.05) is 6.92 Å². The number of ether oxygens (including phenoxy) is 1. The zero-order valence-corrected chi connectivity index (χ0v) is 15.6. The Bertz CT molecular complexity index is 1170. The largest absolute Gasteiger partial charge is 0.425 e. The highest BCUT2D eigenvalue weighted by Crippen LogP contribution is 2.29. The first-order chi connectivity index (χ1) is 13.3. The normalized spacial score (nSPS) is 11.2. The number of esters is 1. The van der Waals surface area contributed by atoms with Crippen LogP contribution < -0.4 is 10.3 Å². The van der Waals surface area contributed by atoms with Crippen molar-refractivity contribution in [3.63, 3.8) is 0 Å². The van der Waals surface area contributed by atoms with E-state index in [2.05, 4.69) is 4.98 Å². The molecule has 3 rings (SSSR count). The van der Waals surface area contributed by atoms with Crippen molar-refractivity contribution in [3.8, 4) is 5.75 Å². The molecule has 2 heterocycles. The molecule has 0 atom stereocenters. The quantitative estimate of drug-likeness (QED) is 0.381. The summed E-state index contributed by atoms with van der Waals surface area (Å²) >= 11 is 0. The van der Waals surface area contributed by atoms with Crippen molar-refractivity contribution in [2.75, 3.05) is 0 Å². The molecule has 9 heteroatoms. The molecule has 0 aliphatic heterocycles. The highest BCUT2D eigenvalue weighted by Gasteiger charge is 2.18. The SMILES string of the molecule is CCn1c(=O)c(/C=C/c2ncc([N+](=O)[O-])n2C)c(OC(C)=O)c2ccccc21. The van der Waals surface area contributed by atoms with Gasteiger partial charge in [0.2, 0.25) is 5.82 Å². The molecule has 2 aromatic heterocycles. The fourth-order valence-corrected chi connectivity index (χ4v) is 3.01. The summed E-state index contributed by atoms with van der Waals surface area (Å²) in [4.78, 5) is 39.1. The van der Waals surface area contributed by atoms with Crippen molar-refractivity contribution < 1.29 is 14.5 Å². The molecule has 1 aromatic carbocycles. The number of hydrogen-bond donors (Lipinski definition) is 0. The molecule has 0 bridgehead atoms. The van der Waals surface area contributed by atoms with Crippen LogP contribution in [0.4, 0.5) is 5.82 Å². The molecule has 0 aliphatic carbocycles. The average Bonchev–Trinajstić information content (AvgIpc) is 3.02. The molecule has 0 aliphatic rings. The van der Waals surface area contributed by atoms with Crippen LogP contribution in [0, 0.1) is 10.1 Å². The molecule has 0 unspecified atom stereocenters. The first kappa shape index (κ1) is 19.0. The van der Waals surface area contributed by atoms with Crippen molar-refractivity contribution >= 4 is 34.8 Å². The lowest BCUT2D eigenvalue weighted by molar-refractivity contribution is -0.391. The summed E-state index contributed by atoms with van der Waals surface area (Å²) in [5.41, 5.74) is 0.481. The van der Waals surface area contributed by atoms with Gasteiger partial charge >= 0.3 is 11.8 Å². The van der Waals surface area contributed by atoms with Crippen LogP contribution in [0.25, 0.3) is 23.1 Å². The van der Waals surface area contributed by atoms with Crippen LogP contribution >= 0.6 is 0 Å². The van der Waals surface area contributed by atoms with Crippen molar-refractivity contribution in [2.24, 2.45) is 7.05 Å². The molecule has 9 nitrogen and oxygen atoms in total. The van der Waals surface area contributed by atoms with Gasteiger partial charge in [-0.15, -0.1) is 0 Å². The van der Waals surface area contributed by atoms with Crippen LogP contribution in [0.2, 0.25) is 0 Å². The summed E-state index contributed by atoms with van der Waals surface area (Å²) < 4.78 is 8.23. The van der Waals surface area contributed by atoms with Crippen molar-refractivity contribution in [1.82, 2.24) is 14.1 Å². The van der Waals surface area contributed by atoms with Gasteiger partial charge in [0.1, 0.15) is 6.20 Å². The maximum absolute atomic E-state index is 13.0. The lowest BCUT2D eigenvalue weighted by atomic mass is 10.1. The molecule has 0 saturated heterocycles. The average molecular weight is 382 g/mol. The van der Waals surface area contributed by atoms with E-state index >= 15 is 0 Å². The molecule has 144 valence electrons. The van der Waals surface area contributed by atoms with Crippen LogP contribution in [0.3, 0.4) is 0 Å². The molecule has 0 amide bonds. The Labute approximate surface area is 159 Å². The molecular formula is C19H18N4O5. The van der Waals surface area contributed by atoms with E-state index in [1.165, 1.54) is 30.7 Å². The van der Waals surface area contributed by atoms with Gasteiger partial charge in [-0.2, -0.15) is 0 Å². The minimum absolute atomic E-state index is 0.151. The van der Waals surface area contributed by atoms with Gasteiger partial charge in [0.15, 0.2) is 5.75 Å². The predicted octanol–water partition coefficient (Wildman–Crippen LogP) is 2.76. The highest BCUT2D eigenvalue weighted by atomic mass is 16.6. The van der Waals surface area contributed by atoms with Gasteiger partial charge in [0.25, 0.3) is 5.56 Å². The van der Waals surface area contributed by atoms with E-state index in [0.29, 0.717) is 17.4 Å². The Balaban J connectivity index is 2.24. The van der Waals surface area contributed by atoms with Gasteiger partial charge in [0, 0.05) is 24.9 Å². The lowest BCUT2D eigenvalue weighted by Crippen LogP contribution is -2.23. The fourth-order valence-electron chi connectivity index (χ4n) is 3.01. The summed E-state index contributed by atoms with van der Waals surface area (Å²) in [6.07, 6.45) is 4.08. The highest BCUT2D eigenvalue weighted by molar-refractivity contribution is 5.92. The van der Waals surface area contributed by atoms with Gasteiger partial charge in [-0.1, -0.05) is 12.1 Å². The molecule has 0 saturated carbocycles. The molecule has 0 spiro atoms. The Morgan fingerprint density at radius 1 is 1.32 bits per heavy atom. The Morgan fingerprint density at radius 2 is 2.04 bits per heavy atom. The number of pyridine rings is 1. The van der Waals surface area contributed by atoms with E-state index < -0.39 is 10.9 Å². The molecule has 0 radical (unpaired) electrons. The minimum Gasteiger partial charge on any atom is -0.425 e. The van der Waals surface area contributed by atoms with Crippen LogP contribution in [-0.2, 0) is 18.4 Å². The number of aryl methyl sites for hydroxylation is 1. The van der Waals surface area contributed by atoms with Crippen molar-refractivity contribution in [2.45, 2.75) is 20.4 Å². The second-order valence-corrected chi connectivity index (χ2v) is 6.03. The summed E-state index contributed by atoms with van der Waals surface area (Å²) in [6, 6.07) is 7.13. The van der Waals surface area contributed by atoms with Gasteiger partial charge in [-0.3, -0.25) is 9.59 Å². The van der Waals surface area contributed by atoms with E-state index in [4.69, 9.17) is 4.74 Å². The third-order valence-corrected chi connectivity index (χ3v) is 4.31. The number of carbonyl (C=O) groups excluding carboxylic acids is 1. The van der Waals surface area contributed by atoms with Gasteiger partial charge in [-0.25, -0.2) is 9.55 Å². The molecular weight excluding hydrogens is 364 g/mol.